The van der Waals surface area contributed by atoms with E-state index in [-0.39, 0.29) is 5.91 Å². The van der Waals surface area contributed by atoms with Crippen LogP contribution in [-0.4, -0.2) is 37.1 Å². The van der Waals surface area contributed by atoms with Crippen molar-refractivity contribution in [1.29, 1.82) is 0 Å². The SMILES string of the molecule is CC(=O)Nc1cc(N)cc(CN2CCOCC2)c1. The first-order valence-corrected chi connectivity index (χ1v) is 6.10. The van der Waals surface area contributed by atoms with E-state index < -0.39 is 0 Å². The van der Waals surface area contributed by atoms with Gasteiger partial charge >= 0.3 is 0 Å². The predicted molar refractivity (Wildman–Crippen MR) is 71.3 cm³/mol. The number of morpholine rings is 1. The number of anilines is 2. The molecule has 1 aliphatic heterocycles. The Labute approximate surface area is 107 Å². The molecule has 0 unspecified atom stereocenters. The number of benzene rings is 1. The zero-order valence-electron chi connectivity index (χ0n) is 10.6. The van der Waals surface area contributed by atoms with E-state index in [2.05, 4.69) is 10.2 Å². The lowest BCUT2D eigenvalue weighted by Gasteiger charge is -2.26. The Hall–Kier alpha value is -1.59. The fraction of sp³-hybridized carbons (Fsp3) is 0.462. The zero-order chi connectivity index (χ0) is 13.0. The highest BCUT2D eigenvalue weighted by Crippen LogP contribution is 2.18. The third kappa shape index (κ3) is 3.72. The van der Waals surface area contributed by atoms with Gasteiger partial charge in [0.1, 0.15) is 0 Å². The molecule has 3 N–H and O–H groups in total. The molecule has 0 spiro atoms. The lowest BCUT2D eigenvalue weighted by molar-refractivity contribution is -0.114. The average molecular weight is 249 g/mol. The molecule has 0 aliphatic carbocycles. The monoisotopic (exact) mass is 249 g/mol. The number of carbonyl (C=O) groups is 1. The van der Waals surface area contributed by atoms with Gasteiger partial charge in [-0.05, 0) is 23.8 Å². The largest absolute Gasteiger partial charge is 0.399 e. The summed E-state index contributed by atoms with van der Waals surface area (Å²) in [4.78, 5) is 13.4. The molecule has 1 amide bonds. The molecule has 1 saturated heterocycles. The fourth-order valence-electron chi connectivity index (χ4n) is 2.10. The van der Waals surface area contributed by atoms with E-state index in [4.69, 9.17) is 10.5 Å². The zero-order valence-corrected chi connectivity index (χ0v) is 10.6. The highest BCUT2D eigenvalue weighted by atomic mass is 16.5. The molecule has 0 atom stereocenters. The Morgan fingerprint density at radius 1 is 1.39 bits per heavy atom. The van der Waals surface area contributed by atoms with Crippen molar-refractivity contribution in [2.24, 2.45) is 0 Å². The summed E-state index contributed by atoms with van der Waals surface area (Å²) in [6.45, 7) is 5.75. The Bertz CT molecular complexity index is 428. The Balaban J connectivity index is 2.06. The minimum absolute atomic E-state index is 0.0853. The van der Waals surface area contributed by atoms with Gasteiger partial charge in [-0.15, -0.1) is 0 Å². The number of nitrogen functional groups attached to an aromatic ring is 1. The van der Waals surface area contributed by atoms with Gasteiger partial charge in [-0.25, -0.2) is 0 Å². The normalized spacial score (nSPS) is 16.5. The maximum atomic E-state index is 11.0. The number of nitrogens with one attached hydrogen (secondary N) is 1. The fourth-order valence-corrected chi connectivity index (χ4v) is 2.10. The number of nitrogens with two attached hydrogens (primary N) is 1. The number of hydrogen-bond acceptors (Lipinski definition) is 4. The lowest BCUT2D eigenvalue weighted by atomic mass is 10.1. The van der Waals surface area contributed by atoms with Crippen LogP contribution in [0, 0.1) is 0 Å². The van der Waals surface area contributed by atoms with Crippen molar-refractivity contribution in [3.63, 3.8) is 0 Å². The van der Waals surface area contributed by atoms with Crippen LogP contribution in [0.2, 0.25) is 0 Å². The number of nitrogens with zero attached hydrogens (tertiary/aromatic N) is 1. The molecule has 0 bridgehead atoms. The van der Waals surface area contributed by atoms with E-state index in [0.29, 0.717) is 5.69 Å². The highest BCUT2D eigenvalue weighted by Gasteiger charge is 2.11. The van der Waals surface area contributed by atoms with Crippen LogP contribution < -0.4 is 11.1 Å². The van der Waals surface area contributed by atoms with Crippen molar-refractivity contribution < 1.29 is 9.53 Å². The van der Waals surface area contributed by atoms with Crippen LogP contribution >= 0.6 is 0 Å². The van der Waals surface area contributed by atoms with Gasteiger partial charge in [-0.3, -0.25) is 9.69 Å². The van der Waals surface area contributed by atoms with Crippen LogP contribution in [0.3, 0.4) is 0 Å². The van der Waals surface area contributed by atoms with Crippen molar-refractivity contribution >= 4 is 17.3 Å². The topological polar surface area (TPSA) is 67.6 Å². The summed E-state index contributed by atoms with van der Waals surface area (Å²) in [6, 6.07) is 5.68. The molecule has 0 saturated carbocycles. The van der Waals surface area contributed by atoms with Gasteiger partial charge < -0.3 is 15.8 Å². The quantitative estimate of drug-likeness (QED) is 0.786. The molecule has 0 radical (unpaired) electrons. The van der Waals surface area contributed by atoms with E-state index in [1.807, 2.05) is 12.1 Å². The molecule has 98 valence electrons. The lowest BCUT2D eigenvalue weighted by Crippen LogP contribution is -2.35. The summed E-state index contributed by atoms with van der Waals surface area (Å²) in [7, 11) is 0. The van der Waals surface area contributed by atoms with Gasteiger partial charge in [0.2, 0.25) is 5.91 Å². The van der Waals surface area contributed by atoms with Crippen molar-refractivity contribution in [2.45, 2.75) is 13.5 Å². The molecule has 2 rings (SSSR count). The number of carbonyl (C=O) groups excluding carboxylic acids is 1. The van der Waals surface area contributed by atoms with Crippen LogP contribution in [0.4, 0.5) is 11.4 Å². The minimum Gasteiger partial charge on any atom is -0.399 e. The number of ether oxygens (including phenoxy) is 1. The average Bonchev–Trinajstić information content (AvgIpc) is 2.28. The first kappa shape index (κ1) is 12.9. The molecular formula is C13H19N3O2. The Morgan fingerprint density at radius 2 is 2.11 bits per heavy atom. The first-order chi connectivity index (χ1) is 8.63. The smallest absolute Gasteiger partial charge is 0.221 e. The second-order valence-corrected chi connectivity index (χ2v) is 4.53. The molecule has 1 aromatic rings. The summed E-state index contributed by atoms with van der Waals surface area (Å²) < 4.78 is 5.31. The van der Waals surface area contributed by atoms with Crippen LogP contribution in [0.5, 0.6) is 0 Å². The maximum absolute atomic E-state index is 11.0. The van der Waals surface area contributed by atoms with Gasteiger partial charge in [0, 0.05) is 37.9 Å². The third-order valence-corrected chi connectivity index (χ3v) is 2.85. The molecular weight excluding hydrogens is 230 g/mol. The third-order valence-electron chi connectivity index (χ3n) is 2.85. The second kappa shape index (κ2) is 5.84. The molecule has 1 heterocycles. The van der Waals surface area contributed by atoms with Gasteiger partial charge in [-0.2, -0.15) is 0 Å². The summed E-state index contributed by atoms with van der Waals surface area (Å²) >= 11 is 0. The number of hydrogen-bond donors (Lipinski definition) is 2. The summed E-state index contributed by atoms with van der Waals surface area (Å²) in [6.07, 6.45) is 0. The maximum Gasteiger partial charge on any atom is 0.221 e. The highest BCUT2D eigenvalue weighted by molar-refractivity contribution is 5.89. The van der Waals surface area contributed by atoms with Gasteiger partial charge in [0.25, 0.3) is 0 Å². The molecule has 1 aliphatic rings. The van der Waals surface area contributed by atoms with Gasteiger partial charge in [-0.1, -0.05) is 0 Å². The predicted octanol–water partition coefficient (Wildman–Crippen LogP) is 1.06. The number of rotatable bonds is 3. The Kier molecular flexibility index (Phi) is 4.17. The summed E-state index contributed by atoms with van der Waals surface area (Å²) in [5.74, 6) is -0.0853. The molecule has 1 fully saturated rings. The van der Waals surface area contributed by atoms with Crippen molar-refractivity contribution in [3.05, 3.63) is 23.8 Å². The molecule has 5 heteroatoms. The van der Waals surface area contributed by atoms with Gasteiger partial charge in [0.15, 0.2) is 0 Å². The standard InChI is InChI=1S/C13H19N3O2/c1-10(17)15-13-7-11(6-12(14)8-13)9-16-2-4-18-5-3-16/h6-8H,2-5,9,14H2,1H3,(H,15,17). The van der Waals surface area contributed by atoms with Crippen LogP contribution in [0.25, 0.3) is 0 Å². The van der Waals surface area contributed by atoms with Crippen LogP contribution in [-0.2, 0) is 16.1 Å². The van der Waals surface area contributed by atoms with Crippen LogP contribution in [0.1, 0.15) is 12.5 Å². The molecule has 1 aromatic carbocycles. The van der Waals surface area contributed by atoms with E-state index in [0.717, 1.165) is 44.1 Å². The molecule has 0 aromatic heterocycles. The van der Waals surface area contributed by atoms with E-state index in [1.165, 1.54) is 6.92 Å². The van der Waals surface area contributed by atoms with Gasteiger partial charge in [0.05, 0.1) is 13.2 Å². The van der Waals surface area contributed by atoms with Crippen molar-refractivity contribution in [1.82, 2.24) is 4.90 Å². The summed E-state index contributed by atoms with van der Waals surface area (Å²) in [5.41, 5.74) is 8.38. The molecule has 5 nitrogen and oxygen atoms in total. The van der Waals surface area contributed by atoms with E-state index in [1.54, 1.807) is 6.07 Å². The number of amides is 1. The minimum atomic E-state index is -0.0853. The summed E-state index contributed by atoms with van der Waals surface area (Å²) in [5, 5.41) is 2.76. The van der Waals surface area contributed by atoms with Crippen molar-refractivity contribution in [3.8, 4) is 0 Å². The van der Waals surface area contributed by atoms with Crippen LogP contribution in [0.15, 0.2) is 18.2 Å². The molecule has 18 heavy (non-hydrogen) atoms. The second-order valence-electron chi connectivity index (χ2n) is 4.53. The van der Waals surface area contributed by atoms with Crippen molar-refractivity contribution in [2.75, 3.05) is 37.4 Å². The van der Waals surface area contributed by atoms with E-state index >= 15 is 0 Å². The first-order valence-electron chi connectivity index (χ1n) is 6.10. The van der Waals surface area contributed by atoms with E-state index in [9.17, 15) is 4.79 Å². The Morgan fingerprint density at radius 3 is 2.78 bits per heavy atom.